The van der Waals surface area contributed by atoms with E-state index in [1.807, 2.05) is 0 Å². The van der Waals surface area contributed by atoms with Crippen LogP contribution in [0.4, 0.5) is 0 Å². The normalized spacial score (nSPS) is 14.2. The maximum atomic E-state index is 5.76. The van der Waals surface area contributed by atoms with Crippen LogP contribution in [-0.4, -0.2) is 26.9 Å². The molecule has 3 rings (SSSR count). The van der Waals surface area contributed by atoms with E-state index < -0.39 is 0 Å². The number of methoxy groups -OCH3 is 1. The van der Waals surface area contributed by atoms with Gasteiger partial charge in [-0.3, -0.25) is 0 Å². The zero-order chi connectivity index (χ0) is 19.3. The molecule has 2 aromatic carbocycles. The van der Waals surface area contributed by atoms with Gasteiger partial charge < -0.3 is 9.47 Å². The van der Waals surface area contributed by atoms with Gasteiger partial charge in [0.1, 0.15) is 0 Å². The Morgan fingerprint density at radius 2 is 1.41 bits per heavy atom. The average molecular weight is 496 g/mol. The SMILES string of the molecule is CCCCC1(CCCOCCOC)c2cc(Br)ccc2-c2ccc(Br)cc21. The Balaban J connectivity index is 1.95. The first-order chi connectivity index (χ1) is 13.1. The molecule has 0 aromatic heterocycles. The molecule has 0 spiro atoms. The lowest BCUT2D eigenvalue weighted by Gasteiger charge is -2.33. The fraction of sp³-hybridized carbons (Fsp3) is 0.478. The van der Waals surface area contributed by atoms with E-state index in [-0.39, 0.29) is 5.41 Å². The molecule has 4 heteroatoms. The van der Waals surface area contributed by atoms with Crippen molar-refractivity contribution in [1.82, 2.24) is 0 Å². The van der Waals surface area contributed by atoms with Gasteiger partial charge in [0.15, 0.2) is 0 Å². The van der Waals surface area contributed by atoms with Crippen molar-refractivity contribution in [2.45, 2.75) is 44.4 Å². The molecular formula is C23H28Br2O2. The van der Waals surface area contributed by atoms with Crippen molar-refractivity contribution in [2.24, 2.45) is 0 Å². The second kappa shape index (κ2) is 9.69. The van der Waals surface area contributed by atoms with Crippen molar-refractivity contribution >= 4 is 31.9 Å². The van der Waals surface area contributed by atoms with E-state index in [0.29, 0.717) is 13.2 Å². The molecule has 2 nitrogen and oxygen atoms in total. The molecule has 0 amide bonds. The first-order valence-corrected chi connectivity index (χ1v) is 11.4. The Morgan fingerprint density at radius 3 is 1.96 bits per heavy atom. The van der Waals surface area contributed by atoms with Gasteiger partial charge in [-0.2, -0.15) is 0 Å². The summed E-state index contributed by atoms with van der Waals surface area (Å²) in [4.78, 5) is 0. The minimum Gasteiger partial charge on any atom is -0.382 e. The van der Waals surface area contributed by atoms with Crippen LogP contribution in [0.2, 0.25) is 0 Å². The highest BCUT2D eigenvalue weighted by Gasteiger charge is 2.42. The smallest absolute Gasteiger partial charge is 0.0700 e. The Morgan fingerprint density at radius 1 is 0.815 bits per heavy atom. The highest BCUT2D eigenvalue weighted by atomic mass is 79.9. The Bertz CT molecular complexity index is 721. The van der Waals surface area contributed by atoms with E-state index in [4.69, 9.17) is 9.47 Å². The molecule has 0 saturated heterocycles. The van der Waals surface area contributed by atoms with E-state index in [1.54, 1.807) is 7.11 Å². The number of unbranched alkanes of at least 4 members (excludes halogenated alkanes) is 1. The highest BCUT2D eigenvalue weighted by molar-refractivity contribution is 9.10. The third-order valence-corrected chi connectivity index (χ3v) is 6.55. The van der Waals surface area contributed by atoms with Crippen LogP contribution < -0.4 is 0 Å². The van der Waals surface area contributed by atoms with Gasteiger partial charge in [-0.15, -0.1) is 0 Å². The van der Waals surface area contributed by atoms with Gasteiger partial charge in [0.2, 0.25) is 0 Å². The summed E-state index contributed by atoms with van der Waals surface area (Å²) in [7, 11) is 1.71. The van der Waals surface area contributed by atoms with Crippen molar-refractivity contribution < 1.29 is 9.47 Å². The van der Waals surface area contributed by atoms with Crippen molar-refractivity contribution in [1.29, 1.82) is 0 Å². The van der Waals surface area contributed by atoms with Gasteiger partial charge >= 0.3 is 0 Å². The summed E-state index contributed by atoms with van der Waals surface area (Å²) in [6, 6.07) is 13.5. The molecular weight excluding hydrogens is 468 g/mol. The fourth-order valence-electron chi connectivity index (χ4n) is 4.30. The number of ether oxygens (including phenoxy) is 2. The topological polar surface area (TPSA) is 18.5 Å². The minimum absolute atomic E-state index is 0.0683. The molecule has 146 valence electrons. The highest BCUT2D eigenvalue weighted by Crippen LogP contribution is 2.54. The van der Waals surface area contributed by atoms with Crippen LogP contribution in [0.1, 0.15) is 50.2 Å². The van der Waals surface area contributed by atoms with Crippen molar-refractivity contribution in [3.8, 4) is 11.1 Å². The Labute approximate surface area is 179 Å². The summed E-state index contributed by atoms with van der Waals surface area (Å²) in [6.07, 6.45) is 5.76. The Hall–Kier alpha value is -0.680. The zero-order valence-electron chi connectivity index (χ0n) is 16.2. The van der Waals surface area contributed by atoms with Crippen molar-refractivity contribution in [2.75, 3.05) is 26.9 Å². The standard InChI is InChI=1S/C23H28Br2O2/c1-3-4-10-23(11-5-12-27-14-13-26-2)21-15-17(24)6-8-19(21)20-9-7-18(25)16-22(20)23/h6-9,15-16H,3-5,10-14H2,1-2H3. The predicted octanol–water partition coefficient (Wildman–Crippen LogP) is 7.11. The van der Waals surface area contributed by atoms with E-state index >= 15 is 0 Å². The quantitative estimate of drug-likeness (QED) is 0.327. The van der Waals surface area contributed by atoms with E-state index in [0.717, 1.165) is 28.4 Å². The van der Waals surface area contributed by atoms with Crippen LogP contribution in [0.5, 0.6) is 0 Å². The molecule has 0 radical (unpaired) electrons. The van der Waals surface area contributed by atoms with Crippen LogP contribution in [0, 0.1) is 0 Å². The number of rotatable bonds is 10. The number of hydrogen-bond acceptors (Lipinski definition) is 2. The van der Waals surface area contributed by atoms with Crippen molar-refractivity contribution in [3.05, 3.63) is 56.5 Å². The molecule has 0 N–H and O–H groups in total. The molecule has 1 aliphatic carbocycles. The lowest BCUT2D eigenvalue weighted by Crippen LogP contribution is -2.26. The van der Waals surface area contributed by atoms with Gasteiger partial charge in [-0.1, -0.05) is 63.8 Å². The number of hydrogen-bond donors (Lipinski definition) is 0. The second-order valence-electron chi connectivity index (χ2n) is 7.27. The summed E-state index contributed by atoms with van der Waals surface area (Å²) in [5.41, 5.74) is 5.78. The lowest BCUT2D eigenvalue weighted by atomic mass is 9.71. The monoisotopic (exact) mass is 494 g/mol. The fourth-order valence-corrected chi connectivity index (χ4v) is 5.02. The maximum absolute atomic E-state index is 5.76. The van der Waals surface area contributed by atoms with Crippen molar-refractivity contribution in [3.63, 3.8) is 0 Å². The molecule has 0 saturated carbocycles. The van der Waals surface area contributed by atoms with Gasteiger partial charge in [0, 0.05) is 28.1 Å². The maximum Gasteiger partial charge on any atom is 0.0700 e. The second-order valence-corrected chi connectivity index (χ2v) is 9.11. The van der Waals surface area contributed by atoms with Crippen LogP contribution in [-0.2, 0) is 14.9 Å². The van der Waals surface area contributed by atoms with Crippen LogP contribution in [0.3, 0.4) is 0 Å². The van der Waals surface area contributed by atoms with E-state index in [2.05, 4.69) is 75.2 Å². The minimum atomic E-state index is 0.0683. The van der Waals surface area contributed by atoms with Crippen LogP contribution >= 0.6 is 31.9 Å². The summed E-state index contributed by atoms with van der Waals surface area (Å²) in [6.45, 7) is 4.39. The number of halogens is 2. The number of benzene rings is 2. The predicted molar refractivity (Wildman–Crippen MR) is 120 cm³/mol. The van der Waals surface area contributed by atoms with Gasteiger partial charge in [-0.25, -0.2) is 0 Å². The first kappa shape index (κ1) is 21.0. The molecule has 0 heterocycles. The van der Waals surface area contributed by atoms with Gasteiger partial charge in [-0.05, 0) is 65.8 Å². The molecule has 27 heavy (non-hydrogen) atoms. The summed E-state index contributed by atoms with van der Waals surface area (Å²) >= 11 is 7.41. The Kier molecular flexibility index (Phi) is 7.55. The number of fused-ring (bicyclic) bond motifs is 3. The van der Waals surface area contributed by atoms with Crippen LogP contribution in [0.15, 0.2) is 45.3 Å². The summed E-state index contributed by atoms with van der Waals surface area (Å²) in [5.74, 6) is 0. The van der Waals surface area contributed by atoms with E-state index in [1.165, 1.54) is 41.5 Å². The molecule has 1 aliphatic rings. The van der Waals surface area contributed by atoms with E-state index in [9.17, 15) is 0 Å². The molecule has 0 atom stereocenters. The summed E-state index contributed by atoms with van der Waals surface area (Å²) in [5, 5.41) is 0. The third-order valence-electron chi connectivity index (χ3n) is 5.57. The summed E-state index contributed by atoms with van der Waals surface area (Å²) < 4.78 is 13.2. The first-order valence-electron chi connectivity index (χ1n) is 9.79. The van der Waals surface area contributed by atoms with Gasteiger partial charge in [0.05, 0.1) is 13.2 Å². The third kappa shape index (κ3) is 4.50. The molecule has 0 fully saturated rings. The largest absolute Gasteiger partial charge is 0.382 e. The molecule has 0 aliphatic heterocycles. The van der Waals surface area contributed by atoms with Crippen LogP contribution in [0.25, 0.3) is 11.1 Å². The molecule has 0 bridgehead atoms. The average Bonchev–Trinajstić information content (AvgIpc) is 2.92. The van der Waals surface area contributed by atoms with Gasteiger partial charge in [0.25, 0.3) is 0 Å². The molecule has 2 aromatic rings. The zero-order valence-corrected chi connectivity index (χ0v) is 19.4. The lowest BCUT2D eigenvalue weighted by molar-refractivity contribution is 0.0669. The molecule has 0 unspecified atom stereocenters.